The predicted octanol–water partition coefficient (Wildman–Crippen LogP) is 2.72. The van der Waals surface area contributed by atoms with E-state index >= 15 is 0 Å². The molecule has 0 fully saturated rings. The van der Waals surface area contributed by atoms with Crippen molar-refractivity contribution in [3.8, 4) is 11.8 Å². The van der Waals surface area contributed by atoms with E-state index in [1.165, 1.54) is 14.2 Å². The van der Waals surface area contributed by atoms with Crippen LogP contribution in [0.2, 0.25) is 0 Å². The summed E-state index contributed by atoms with van der Waals surface area (Å²) in [6.07, 6.45) is 3.59. The van der Waals surface area contributed by atoms with Crippen molar-refractivity contribution >= 4 is 16.2 Å². The van der Waals surface area contributed by atoms with Gasteiger partial charge in [-0.2, -0.15) is 9.97 Å². The number of hydrogen-bond acceptors (Lipinski definition) is 6. The standard InChI is InChI=1S/C16H25N3O4S/c1-6-7-8-24(11(14(20)21)10-16(2,3)19-24)15-17-12(22-4)9-13(18-15)23-5/h9-10,19H,6-8H2,1-5H3,(H,20,21). The molecule has 1 aliphatic heterocycles. The minimum atomic E-state index is -2.09. The van der Waals surface area contributed by atoms with E-state index < -0.39 is 21.7 Å². The lowest BCUT2D eigenvalue weighted by Gasteiger charge is -2.38. The lowest BCUT2D eigenvalue weighted by molar-refractivity contribution is -0.131. The molecule has 24 heavy (non-hydrogen) atoms. The minimum absolute atomic E-state index is 0.344. The Morgan fingerprint density at radius 1 is 1.29 bits per heavy atom. The maximum Gasteiger partial charge on any atom is 0.341 e. The van der Waals surface area contributed by atoms with Crippen LogP contribution in [0.15, 0.2) is 22.2 Å². The van der Waals surface area contributed by atoms with Gasteiger partial charge in [-0.1, -0.05) is 23.6 Å². The first-order valence-electron chi connectivity index (χ1n) is 7.81. The number of carbonyl (C=O) groups is 1. The second-order valence-electron chi connectivity index (χ2n) is 6.17. The molecule has 0 aromatic carbocycles. The smallest absolute Gasteiger partial charge is 0.341 e. The lowest BCUT2D eigenvalue weighted by Crippen LogP contribution is -2.36. The maximum absolute atomic E-state index is 11.9. The summed E-state index contributed by atoms with van der Waals surface area (Å²) >= 11 is 0. The first-order chi connectivity index (χ1) is 11.3. The van der Waals surface area contributed by atoms with E-state index in [9.17, 15) is 9.90 Å². The van der Waals surface area contributed by atoms with Gasteiger partial charge < -0.3 is 14.6 Å². The molecule has 0 radical (unpaired) electrons. The molecule has 0 saturated carbocycles. The number of ether oxygens (including phenoxy) is 2. The molecule has 0 bridgehead atoms. The number of carboxylic acid groups (broad SMARTS) is 1. The summed E-state index contributed by atoms with van der Waals surface area (Å²) in [7, 11) is 0.941. The molecule has 1 atom stereocenters. The fourth-order valence-electron chi connectivity index (χ4n) is 2.68. The van der Waals surface area contributed by atoms with E-state index in [1.54, 1.807) is 12.1 Å². The maximum atomic E-state index is 11.9. The molecule has 1 aromatic rings. The van der Waals surface area contributed by atoms with Gasteiger partial charge in [0.05, 0.1) is 25.2 Å². The van der Waals surface area contributed by atoms with Crippen molar-refractivity contribution in [1.82, 2.24) is 14.7 Å². The molecule has 134 valence electrons. The predicted molar refractivity (Wildman–Crippen MR) is 93.7 cm³/mol. The van der Waals surface area contributed by atoms with Gasteiger partial charge in [0.2, 0.25) is 11.8 Å². The van der Waals surface area contributed by atoms with Crippen LogP contribution in [0.1, 0.15) is 33.6 Å². The second-order valence-corrected chi connectivity index (χ2v) is 9.07. The Morgan fingerprint density at radius 2 is 1.88 bits per heavy atom. The first-order valence-corrected chi connectivity index (χ1v) is 9.61. The summed E-state index contributed by atoms with van der Waals surface area (Å²) < 4.78 is 14.0. The Labute approximate surface area is 143 Å². The summed E-state index contributed by atoms with van der Waals surface area (Å²) in [5.74, 6) is 0.430. The summed E-state index contributed by atoms with van der Waals surface area (Å²) in [5, 5.41) is 10.2. The Balaban J connectivity index is 2.65. The summed E-state index contributed by atoms with van der Waals surface area (Å²) in [6.45, 7) is 5.98. The molecule has 8 heteroatoms. The summed E-state index contributed by atoms with van der Waals surface area (Å²) in [4.78, 5) is 21.2. The molecule has 1 unspecified atom stereocenters. The third kappa shape index (κ3) is 3.49. The van der Waals surface area contributed by atoms with Crippen molar-refractivity contribution in [1.29, 1.82) is 0 Å². The van der Waals surface area contributed by atoms with E-state index in [-0.39, 0.29) is 0 Å². The van der Waals surface area contributed by atoms with Gasteiger partial charge in [-0.3, -0.25) is 4.72 Å². The molecule has 2 heterocycles. The largest absolute Gasteiger partial charge is 0.481 e. The Bertz CT molecular complexity index is 640. The van der Waals surface area contributed by atoms with Gasteiger partial charge in [-0.25, -0.2) is 4.79 Å². The van der Waals surface area contributed by atoms with E-state index in [4.69, 9.17) is 9.47 Å². The Morgan fingerprint density at radius 3 is 2.33 bits per heavy atom. The van der Waals surface area contributed by atoms with E-state index in [0.717, 1.165) is 12.8 Å². The Kier molecular flexibility index (Phi) is 5.39. The quantitative estimate of drug-likeness (QED) is 0.726. The zero-order valence-electron chi connectivity index (χ0n) is 14.8. The van der Waals surface area contributed by atoms with Gasteiger partial charge in [0, 0.05) is 11.3 Å². The fourth-order valence-corrected chi connectivity index (χ4v) is 6.55. The van der Waals surface area contributed by atoms with Crippen LogP contribution in [0, 0.1) is 0 Å². The van der Waals surface area contributed by atoms with Crippen LogP contribution in [0.4, 0.5) is 0 Å². The van der Waals surface area contributed by atoms with Crippen LogP contribution in [-0.4, -0.2) is 46.6 Å². The van der Waals surface area contributed by atoms with Crippen LogP contribution in [0.25, 0.3) is 0 Å². The van der Waals surface area contributed by atoms with Gasteiger partial charge in [-0.15, -0.1) is 0 Å². The Hall–Kier alpha value is -1.80. The van der Waals surface area contributed by atoms with Crippen LogP contribution in [0.3, 0.4) is 0 Å². The van der Waals surface area contributed by atoms with Crippen LogP contribution in [-0.2, 0) is 4.79 Å². The van der Waals surface area contributed by atoms with Crippen LogP contribution >= 0.6 is 10.2 Å². The topological polar surface area (TPSA) is 93.6 Å². The summed E-state index contributed by atoms with van der Waals surface area (Å²) in [6, 6.07) is 1.58. The van der Waals surface area contributed by atoms with Crippen molar-refractivity contribution in [2.45, 2.75) is 44.3 Å². The zero-order chi connectivity index (χ0) is 18.0. The number of aliphatic carboxylic acids is 1. The number of rotatable bonds is 7. The van der Waals surface area contributed by atoms with Gasteiger partial charge in [0.25, 0.3) is 0 Å². The average molecular weight is 355 g/mol. The molecule has 0 saturated heterocycles. The van der Waals surface area contributed by atoms with Crippen molar-refractivity contribution in [3.63, 3.8) is 0 Å². The van der Waals surface area contributed by atoms with E-state index in [1.807, 2.05) is 13.8 Å². The first kappa shape index (κ1) is 18.5. The molecular formula is C16H25N3O4S. The molecule has 1 aliphatic rings. The minimum Gasteiger partial charge on any atom is -0.481 e. The highest BCUT2D eigenvalue weighted by atomic mass is 32.3. The average Bonchev–Trinajstić information content (AvgIpc) is 2.84. The molecular weight excluding hydrogens is 330 g/mol. The SMILES string of the molecule is CCCCS1(c2nc(OC)cc(OC)n2)NC(C)(C)C=C1C(=O)O. The van der Waals surface area contributed by atoms with Crippen LogP contribution < -0.4 is 14.2 Å². The van der Waals surface area contributed by atoms with E-state index in [2.05, 4.69) is 21.6 Å². The molecule has 0 aliphatic carbocycles. The molecule has 2 N–H and O–H groups in total. The third-order valence-electron chi connectivity index (χ3n) is 3.71. The van der Waals surface area contributed by atoms with Crippen LogP contribution in [0.5, 0.6) is 11.8 Å². The van der Waals surface area contributed by atoms with Gasteiger partial charge >= 0.3 is 5.97 Å². The zero-order valence-corrected chi connectivity index (χ0v) is 15.6. The number of aromatic nitrogens is 2. The van der Waals surface area contributed by atoms with Gasteiger partial charge in [-0.05, 0) is 26.3 Å². The molecule has 0 spiro atoms. The molecule has 7 nitrogen and oxygen atoms in total. The fraction of sp³-hybridized carbons (Fsp3) is 0.562. The number of unbranched alkanes of at least 4 members (excludes halogenated alkanes) is 1. The number of nitrogens with one attached hydrogen (secondary N) is 1. The highest BCUT2D eigenvalue weighted by Crippen LogP contribution is 2.63. The normalized spacial score (nSPS) is 24.8. The highest BCUT2D eigenvalue weighted by molar-refractivity contribution is 8.36. The number of hydrogen-bond donors (Lipinski definition) is 2. The lowest BCUT2D eigenvalue weighted by atomic mass is 10.1. The molecule has 1 aromatic heterocycles. The number of nitrogens with zero attached hydrogens (tertiary/aromatic N) is 2. The van der Waals surface area contributed by atoms with Gasteiger partial charge in [0.1, 0.15) is 0 Å². The highest BCUT2D eigenvalue weighted by Gasteiger charge is 2.46. The number of methoxy groups -OCH3 is 2. The van der Waals surface area contributed by atoms with Crippen molar-refractivity contribution in [2.24, 2.45) is 0 Å². The van der Waals surface area contributed by atoms with Crippen molar-refractivity contribution in [3.05, 3.63) is 17.0 Å². The number of carboxylic acids is 1. The summed E-state index contributed by atoms with van der Waals surface area (Å²) in [5.41, 5.74) is -0.448. The van der Waals surface area contributed by atoms with Gasteiger partial charge in [0.15, 0.2) is 5.16 Å². The van der Waals surface area contributed by atoms with Crippen molar-refractivity contribution < 1.29 is 19.4 Å². The van der Waals surface area contributed by atoms with Crippen molar-refractivity contribution in [2.75, 3.05) is 20.0 Å². The van der Waals surface area contributed by atoms with E-state index in [0.29, 0.717) is 27.6 Å². The monoisotopic (exact) mass is 355 g/mol. The second kappa shape index (κ2) is 6.98. The third-order valence-corrected chi connectivity index (χ3v) is 7.33. The molecule has 2 rings (SSSR count). The molecule has 0 amide bonds.